The highest BCUT2D eigenvalue weighted by Gasteiger charge is 2.53. The molecule has 1 amide bonds. The van der Waals surface area contributed by atoms with Crippen molar-refractivity contribution in [1.82, 2.24) is 5.32 Å². The molecule has 0 heterocycles. The van der Waals surface area contributed by atoms with Crippen molar-refractivity contribution in [2.75, 3.05) is 11.9 Å². The van der Waals surface area contributed by atoms with Crippen LogP contribution in [0.2, 0.25) is 0 Å². The molecule has 4 aliphatic carbocycles. The third kappa shape index (κ3) is 3.22. The van der Waals surface area contributed by atoms with Crippen molar-refractivity contribution in [3.8, 4) is 0 Å². The largest absolute Gasteiger partial charge is 0.376 e. The van der Waals surface area contributed by atoms with Crippen LogP contribution < -0.4 is 10.6 Å². The molecule has 1 aromatic rings. The topological polar surface area (TPSA) is 41.1 Å². The third-order valence-corrected chi connectivity index (χ3v) is 7.21. The summed E-state index contributed by atoms with van der Waals surface area (Å²) in [6.07, 6.45) is 8.35. The predicted octanol–water partition coefficient (Wildman–Crippen LogP) is 4.58. The van der Waals surface area contributed by atoms with Gasteiger partial charge in [0.15, 0.2) is 0 Å². The Labute approximate surface area is 153 Å². The Morgan fingerprint density at radius 3 is 2.21 bits per heavy atom. The van der Waals surface area contributed by atoms with Crippen LogP contribution in [0.15, 0.2) is 28.7 Å². The lowest BCUT2D eigenvalue weighted by Crippen LogP contribution is -2.56. The molecule has 24 heavy (non-hydrogen) atoms. The van der Waals surface area contributed by atoms with Crippen molar-refractivity contribution in [2.24, 2.45) is 23.2 Å². The minimum Gasteiger partial charge on any atom is -0.376 e. The fraction of sp³-hybridized carbons (Fsp3) is 0.650. The first-order valence-electron chi connectivity index (χ1n) is 9.31. The van der Waals surface area contributed by atoms with E-state index in [1.807, 2.05) is 24.3 Å². The molecule has 4 saturated carbocycles. The summed E-state index contributed by atoms with van der Waals surface area (Å²) in [5, 5.41) is 6.53. The lowest BCUT2D eigenvalue weighted by Gasteiger charge is -2.59. The van der Waals surface area contributed by atoms with Crippen LogP contribution in [-0.2, 0) is 4.79 Å². The SMILES string of the molecule is C[C@H](NC(=O)CNc1ccc(Br)cc1)C12CC3CC(CC(C3)C1)C2. The van der Waals surface area contributed by atoms with Crippen molar-refractivity contribution in [3.63, 3.8) is 0 Å². The van der Waals surface area contributed by atoms with Crippen LogP contribution >= 0.6 is 15.9 Å². The summed E-state index contributed by atoms with van der Waals surface area (Å²) in [6, 6.07) is 8.24. The molecule has 1 aromatic carbocycles. The number of benzene rings is 1. The van der Waals surface area contributed by atoms with Gasteiger partial charge >= 0.3 is 0 Å². The van der Waals surface area contributed by atoms with Crippen molar-refractivity contribution in [1.29, 1.82) is 0 Å². The highest BCUT2D eigenvalue weighted by molar-refractivity contribution is 9.10. The highest BCUT2D eigenvalue weighted by atomic mass is 79.9. The van der Waals surface area contributed by atoms with E-state index >= 15 is 0 Å². The maximum absolute atomic E-state index is 12.4. The van der Waals surface area contributed by atoms with Gasteiger partial charge in [-0.3, -0.25) is 4.79 Å². The van der Waals surface area contributed by atoms with Crippen molar-refractivity contribution in [3.05, 3.63) is 28.7 Å². The van der Waals surface area contributed by atoms with Gasteiger partial charge in [-0.05, 0) is 92.9 Å². The van der Waals surface area contributed by atoms with Crippen LogP contribution in [0.25, 0.3) is 0 Å². The summed E-state index contributed by atoms with van der Waals surface area (Å²) in [6.45, 7) is 2.59. The Bertz CT molecular complexity index is 577. The van der Waals surface area contributed by atoms with Crippen LogP contribution in [0, 0.1) is 23.2 Å². The molecule has 4 fully saturated rings. The van der Waals surface area contributed by atoms with Gasteiger partial charge in [-0.25, -0.2) is 0 Å². The van der Waals surface area contributed by atoms with E-state index in [9.17, 15) is 4.79 Å². The molecule has 0 radical (unpaired) electrons. The summed E-state index contributed by atoms with van der Waals surface area (Å²) in [7, 11) is 0. The Hall–Kier alpha value is -1.03. The summed E-state index contributed by atoms with van der Waals surface area (Å²) >= 11 is 3.43. The van der Waals surface area contributed by atoms with Gasteiger partial charge in [-0.1, -0.05) is 15.9 Å². The van der Waals surface area contributed by atoms with E-state index < -0.39 is 0 Å². The van der Waals surface area contributed by atoms with E-state index in [-0.39, 0.29) is 5.91 Å². The second kappa shape index (κ2) is 6.36. The average Bonchev–Trinajstić information content (AvgIpc) is 2.53. The number of anilines is 1. The van der Waals surface area contributed by atoms with Gasteiger partial charge in [-0.2, -0.15) is 0 Å². The zero-order valence-electron chi connectivity index (χ0n) is 14.4. The smallest absolute Gasteiger partial charge is 0.239 e. The van der Waals surface area contributed by atoms with Crippen molar-refractivity contribution < 1.29 is 4.79 Å². The highest BCUT2D eigenvalue weighted by Crippen LogP contribution is 2.61. The van der Waals surface area contributed by atoms with Gasteiger partial charge in [-0.15, -0.1) is 0 Å². The molecule has 0 aromatic heterocycles. The first kappa shape index (κ1) is 16.4. The molecule has 4 bridgehead atoms. The van der Waals surface area contributed by atoms with Crippen molar-refractivity contribution >= 4 is 27.5 Å². The summed E-state index contributed by atoms with van der Waals surface area (Å²) in [5.41, 5.74) is 1.36. The van der Waals surface area contributed by atoms with E-state index in [2.05, 4.69) is 33.5 Å². The maximum Gasteiger partial charge on any atom is 0.239 e. The van der Waals surface area contributed by atoms with Gasteiger partial charge in [0, 0.05) is 16.2 Å². The molecule has 4 heteroatoms. The zero-order chi connectivity index (χ0) is 16.7. The van der Waals surface area contributed by atoms with Gasteiger partial charge in [0.25, 0.3) is 0 Å². The second-order valence-electron chi connectivity index (χ2n) is 8.43. The van der Waals surface area contributed by atoms with Gasteiger partial charge in [0.2, 0.25) is 5.91 Å². The number of hydrogen-bond donors (Lipinski definition) is 2. The van der Waals surface area contributed by atoms with Gasteiger partial charge in [0.1, 0.15) is 0 Å². The number of amides is 1. The number of halogens is 1. The quantitative estimate of drug-likeness (QED) is 0.771. The number of hydrogen-bond acceptors (Lipinski definition) is 2. The predicted molar refractivity (Wildman–Crippen MR) is 101 cm³/mol. The van der Waals surface area contributed by atoms with Crippen molar-refractivity contribution in [2.45, 2.75) is 51.5 Å². The fourth-order valence-electron chi connectivity index (χ4n) is 5.90. The molecule has 1 atom stereocenters. The first-order valence-corrected chi connectivity index (χ1v) is 10.1. The lowest BCUT2D eigenvalue weighted by molar-refractivity contribution is -0.124. The van der Waals surface area contributed by atoms with Crippen LogP contribution in [0.4, 0.5) is 5.69 Å². The molecule has 130 valence electrons. The van der Waals surface area contributed by atoms with E-state index in [0.29, 0.717) is 18.0 Å². The van der Waals surface area contributed by atoms with Gasteiger partial charge < -0.3 is 10.6 Å². The van der Waals surface area contributed by atoms with E-state index in [1.165, 1.54) is 38.5 Å². The van der Waals surface area contributed by atoms with Crippen LogP contribution in [-0.4, -0.2) is 18.5 Å². The van der Waals surface area contributed by atoms with E-state index in [0.717, 1.165) is 27.9 Å². The number of rotatable bonds is 5. The minimum atomic E-state index is 0.112. The lowest BCUT2D eigenvalue weighted by atomic mass is 9.48. The normalized spacial score (nSPS) is 34.8. The number of nitrogens with one attached hydrogen (secondary N) is 2. The van der Waals surface area contributed by atoms with E-state index in [1.54, 1.807) is 0 Å². The molecule has 4 aliphatic rings. The molecule has 0 aliphatic heterocycles. The average molecular weight is 391 g/mol. The minimum absolute atomic E-state index is 0.112. The Morgan fingerprint density at radius 1 is 1.12 bits per heavy atom. The molecule has 0 spiro atoms. The van der Waals surface area contributed by atoms with Crippen LogP contribution in [0.3, 0.4) is 0 Å². The third-order valence-electron chi connectivity index (χ3n) is 6.68. The Balaban J connectivity index is 1.33. The monoisotopic (exact) mass is 390 g/mol. The molecule has 0 unspecified atom stereocenters. The molecule has 3 nitrogen and oxygen atoms in total. The summed E-state index contributed by atoms with van der Waals surface area (Å²) in [5.74, 6) is 2.89. The second-order valence-corrected chi connectivity index (χ2v) is 9.35. The van der Waals surface area contributed by atoms with Gasteiger partial charge in [0.05, 0.1) is 6.54 Å². The van der Waals surface area contributed by atoms with E-state index in [4.69, 9.17) is 0 Å². The maximum atomic E-state index is 12.4. The standard InChI is InChI=1S/C20H27BrN2O/c1-13(20-9-14-6-15(10-20)8-16(7-14)11-20)23-19(24)12-22-18-4-2-17(21)3-5-18/h2-5,13-16,22H,6-12H2,1H3,(H,23,24)/t13-,14?,15?,16?,20?/m0/s1. The summed E-state index contributed by atoms with van der Waals surface area (Å²) in [4.78, 5) is 12.4. The number of carbonyl (C=O) groups excluding carboxylic acids is 1. The fourth-order valence-corrected chi connectivity index (χ4v) is 6.17. The molecular weight excluding hydrogens is 364 g/mol. The molecule has 2 N–H and O–H groups in total. The van der Waals surface area contributed by atoms with Crippen LogP contribution in [0.1, 0.15) is 45.4 Å². The molecular formula is C20H27BrN2O. The zero-order valence-corrected chi connectivity index (χ0v) is 15.9. The first-order chi connectivity index (χ1) is 11.5. The Kier molecular flexibility index (Phi) is 4.36. The molecule has 5 rings (SSSR count). The molecule has 0 saturated heterocycles. The summed E-state index contributed by atoms with van der Waals surface area (Å²) < 4.78 is 1.05. The Morgan fingerprint density at radius 2 is 1.67 bits per heavy atom. The van der Waals surface area contributed by atoms with Crippen LogP contribution in [0.5, 0.6) is 0 Å². The number of carbonyl (C=O) groups is 1.